The average Bonchev–Trinajstić information content (AvgIpc) is 2.26. The van der Waals surface area contributed by atoms with Crippen LogP contribution in [0.3, 0.4) is 0 Å². The molecule has 0 rings (SSSR count). The third-order valence-corrected chi connectivity index (χ3v) is 3.72. The van der Waals surface area contributed by atoms with Gasteiger partial charge in [0, 0.05) is 20.9 Å². The van der Waals surface area contributed by atoms with Gasteiger partial charge in [0.05, 0.1) is 0 Å². The van der Waals surface area contributed by atoms with Crippen LogP contribution in [0.25, 0.3) is 0 Å². The Balaban J connectivity index is -0.00000144. The highest BCUT2D eigenvalue weighted by molar-refractivity contribution is 5.81. The standard InChI is InChI=1S/C15H32N2O.2H2/c1-12(2)15(5,6)14(18)17-11-9-7-8-10-16-13(3)4;;/h12-13,16H,7-11H2,1-6H3,(H,17,18);2*1H. The van der Waals surface area contributed by atoms with Gasteiger partial charge in [0.2, 0.25) is 5.91 Å². The Morgan fingerprint density at radius 3 is 2.11 bits per heavy atom. The lowest BCUT2D eigenvalue weighted by atomic mass is 9.80. The lowest BCUT2D eigenvalue weighted by Crippen LogP contribution is -2.40. The molecule has 0 aromatic heterocycles. The smallest absolute Gasteiger partial charge is 0.225 e. The number of carbonyl (C=O) groups excluding carboxylic acids is 1. The summed E-state index contributed by atoms with van der Waals surface area (Å²) in [6.45, 7) is 14.4. The Bertz CT molecular complexity index is 244. The van der Waals surface area contributed by atoms with Crippen LogP contribution in [0.15, 0.2) is 0 Å². The SMILES string of the molecule is CC(C)NCCCCCNC(=O)C(C)(C)C(C)C.[HH].[HH]. The third-order valence-electron chi connectivity index (χ3n) is 3.72. The fourth-order valence-corrected chi connectivity index (χ4v) is 1.51. The lowest BCUT2D eigenvalue weighted by Gasteiger charge is -2.27. The minimum atomic E-state index is -0.265. The monoisotopic (exact) mass is 260 g/mol. The van der Waals surface area contributed by atoms with Crippen molar-refractivity contribution in [1.82, 2.24) is 10.6 Å². The zero-order valence-electron chi connectivity index (χ0n) is 13.1. The van der Waals surface area contributed by atoms with Crippen molar-refractivity contribution >= 4 is 5.91 Å². The Kier molecular flexibility index (Phi) is 8.25. The zero-order chi connectivity index (χ0) is 14.2. The molecular weight excluding hydrogens is 224 g/mol. The number of nitrogens with one attached hydrogen (secondary N) is 2. The summed E-state index contributed by atoms with van der Waals surface area (Å²) < 4.78 is 0. The summed E-state index contributed by atoms with van der Waals surface area (Å²) >= 11 is 0. The molecule has 0 bridgehead atoms. The summed E-state index contributed by atoms with van der Waals surface area (Å²) in [5.74, 6) is 0.547. The number of hydrogen-bond acceptors (Lipinski definition) is 2. The van der Waals surface area contributed by atoms with Crippen molar-refractivity contribution in [3.05, 3.63) is 0 Å². The van der Waals surface area contributed by atoms with Crippen LogP contribution in [-0.4, -0.2) is 25.0 Å². The molecule has 0 unspecified atom stereocenters. The highest BCUT2D eigenvalue weighted by Gasteiger charge is 2.30. The first-order valence-electron chi connectivity index (χ1n) is 7.30. The van der Waals surface area contributed by atoms with Crippen LogP contribution in [0.2, 0.25) is 0 Å². The van der Waals surface area contributed by atoms with E-state index < -0.39 is 0 Å². The molecule has 0 saturated heterocycles. The second-order valence-electron chi connectivity index (χ2n) is 6.30. The minimum absolute atomic E-state index is 0. The largest absolute Gasteiger partial charge is 0.356 e. The van der Waals surface area contributed by atoms with Crippen LogP contribution in [-0.2, 0) is 4.79 Å². The fourth-order valence-electron chi connectivity index (χ4n) is 1.51. The van der Waals surface area contributed by atoms with E-state index in [4.69, 9.17) is 0 Å². The Morgan fingerprint density at radius 1 is 1.06 bits per heavy atom. The predicted molar refractivity (Wildman–Crippen MR) is 82.8 cm³/mol. The number of rotatable bonds is 9. The maximum absolute atomic E-state index is 12.0. The van der Waals surface area contributed by atoms with Crippen LogP contribution in [0.4, 0.5) is 0 Å². The predicted octanol–water partition coefficient (Wildman–Crippen LogP) is 3.45. The van der Waals surface area contributed by atoms with E-state index in [0.29, 0.717) is 12.0 Å². The summed E-state index contributed by atoms with van der Waals surface area (Å²) in [5, 5.41) is 6.44. The van der Waals surface area contributed by atoms with E-state index >= 15 is 0 Å². The maximum atomic E-state index is 12.0. The molecule has 2 N–H and O–H groups in total. The van der Waals surface area contributed by atoms with Gasteiger partial charge >= 0.3 is 0 Å². The van der Waals surface area contributed by atoms with E-state index in [-0.39, 0.29) is 14.2 Å². The van der Waals surface area contributed by atoms with Crippen molar-refractivity contribution in [2.45, 2.75) is 66.8 Å². The average molecular weight is 260 g/mol. The molecule has 0 aliphatic carbocycles. The molecule has 0 spiro atoms. The van der Waals surface area contributed by atoms with Crippen LogP contribution in [0, 0.1) is 11.3 Å². The number of carbonyl (C=O) groups is 1. The van der Waals surface area contributed by atoms with Gasteiger partial charge in [0.15, 0.2) is 0 Å². The molecule has 0 aromatic rings. The zero-order valence-corrected chi connectivity index (χ0v) is 13.1. The Hall–Kier alpha value is -0.570. The number of hydrogen-bond donors (Lipinski definition) is 2. The topological polar surface area (TPSA) is 41.1 Å². The third kappa shape index (κ3) is 7.00. The van der Waals surface area contributed by atoms with Gasteiger partial charge in [-0.15, -0.1) is 0 Å². The van der Waals surface area contributed by atoms with Crippen molar-refractivity contribution in [1.29, 1.82) is 0 Å². The van der Waals surface area contributed by atoms with Gasteiger partial charge < -0.3 is 10.6 Å². The van der Waals surface area contributed by atoms with Gasteiger partial charge in [-0.05, 0) is 25.3 Å². The molecular formula is C15H36N2O. The van der Waals surface area contributed by atoms with E-state index in [2.05, 4.69) is 38.3 Å². The molecule has 0 fully saturated rings. The number of unbranched alkanes of at least 4 members (excludes halogenated alkanes) is 2. The Morgan fingerprint density at radius 2 is 1.61 bits per heavy atom. The normalized spacial score (nSPS) is 12.2. The fraction of sp³-hybridized carbons (Fsp3) is 0.933. The van der Waals surface area contributed by atoms with E-state index in [1.807, 2.05) is 13.8 Å². The molecule has 0 saturated carbocycles. The van der Waals surface area contributed by atoms with Crippen LogP contribution in [0.5, 0.6) is 0 Å². The van der Waals surface area contributed by atoms with E-state index in [9.17, 15) is 4.79 Å². The maximum Gasteiger partial charge on any atom is 0.225 e. The first kappa shape index (κ1) is 17.4. The second kappa shape index (κ2) is 8.52. The van der Waals surface area contributed by atoms with Crippen LogP contribution >= 0.6 is 0 Å². The molecule has 3 heteroatoms. The molecule has 0 atom stereocenters. The quantitative estimate of drug-likeness (QED) is 0.624. The highest BCUT2D eigenvalue weighted by Crippen LogP contribution is 2.25. The van der Waals surface area contributed by atoms with Gasteiger partial charge in [0.25, 0.3) is 0 Å². The molecule has 3 nitrogen and oxygen atoms in total. The first-order valence-corrected chi connectivity index (χ1v) is 7.30. The van der Waals surface area contributed by atoms with E-state index in [0.717, 1.165) is 19.5 Å². The molecule has 0 aromatic carbocycles. The number of amides is 1. The van der Waals surface area contributed by atoms with Crippen molar-refractivity contribution in [3.8, 4) is 0 Å². The summed E-state index contributed by atoms with van der Waals surface area (Å²) in [4.78, 5) is 12.0. The van der Waals surface area contributed by atoms with E-state index in [1.165, 1.54) is 12.8 Å². The van der Waals surface area contributed by atoms with Crippen LogP contribution < -0.4 is 10.6 Å². The Labute approximate surface area is 116 Å². The summed E-state index contributed by atoms with van der Waals surface area (Å²) in [5.41, 5.74) is -0.265. The van der Waals surface area contributed by atoms with Gasteiger partial charge in [-0.2, -0.15) is 0 Å². The second-order valence-corrected chi connectivity index (χ2v) is 6.30. The summed E-state index contributed by atoms with van der Waals surface area (Å²) in [6, 6.07) is 0.566. The van der Waals surface area contributed by atoms with Gasteiger partial charge in [-0.3, -0.25) is 4.79 Å². The summed E-state index contributed by atoms with van der Waals surface area (Å²) in [6.07, 6.45) is 3.42. The van der Waals surface area contributed by atoms with Crippen molar-refractivity contribution in [3.63, 3.8) is 0 Å². The van der Waals surface area contributed by atoms with Crippen molar-refractivity contribution < 1.29 is 7.65 Å². The molecule has 1 amide bonds. The summed E-state index contributed by atoms with van der Waals surface area (Å²) in [7, 11) is 0. The molecule has 18 heavy (non-hydrogen) atoms. The molecule has 112 valence electrons. The molecule has 0 aliphatic rings. The highest BCUT2D eigenvalue weighted by atomic mass is 16.2. The molecule has 0 radical (unpaired) electrons. The van der Waals surface area contributed by atoms with Gasteiger partial charge in [0.1, 0.15) is 0 Å². The molecule has 0 aliphatic heterocycles. The minimum Gasteiger partial charge on any atom is -0.356 e. The lowest BCUT2D eigenvalue weighted by molar-refractivity contribution is -0.131. The first-order chi connectivity index (χ1) is 8.28. The molecule has 0 heterocycles. The van der Waals surface area contributed by atoms with Gasteiger partial charge in [-0.1, -0.05) is 48.0 Å². The van der Waals surface area contributed by atoms with Crippen molar-refractivity contribution in [2.24, 2.45) is 11.3 Å². The van der Waals surface area contributed by atoms with Gasteiger partial charge in [-0.25, -0.2) is 0 Å². The van der Waals surface area contributed by atoms with Crippen LogP contribution in [0.1, 0.15) is 63.7 Å². The van der Waals surface area contributed by atoms with Crippen molar-refractivity contribution in [2.75, 3.05) is 13.1 Å². The van der Waals surface area contributed by atoms with E-state index in [1.54, 1.807) is 0 Å².